The van der Waals surface area contributed by atoms with Gasteiger partial charge in [0.2, 0.25) is 0 Å². The second-order valence-corrected chi connectivity index (χ2v) is 6.43. The van der Waals surface area contributed by atoms with Crippen molar-refractivity contribution in [1.29, 1.82) is 0 Å². The lowest BCUT2D eigenvalue weighted by molar-refractivity contribution is -0.00570. The Morgan fingerprint density at radius 2 is 2.10 bits per heavy atom. The summed E-state index contributed by atoms with van der Waals surface area (Å²) in [6, 6.07) is 5.38. The van der Waals surface area contributed by atoms with Crippen LogP contribution in [0, 0.1) is 5.92 Å². The molecule has 1 fully saturated rings. The van der Waals surface area contributed by atoms with Gasteiger partial charge in [-0.1, -0.05) is 26.2 Å². The Morgan fingerprint density at radius 3 is 2.76 bits per heavy atom. The molecule has 0 aromatic heterocycles. The van der Waals surface area contributed by atoms with Crippen molar-refractivity contribution in [2.75, 3.05) is 13.7 Å². The van der Waals surface area contributed by atoms with E-state index in [2.05, 4.69) is 22.9 Å². The minimum atomic E-state index is 0.0266. The van der Waals surface area contributed by atoms with Gasteiger partial charge in [0.25, 0.3) is 0 Å². The fourth-order valence-electron chi connectivity index (χ4n) is 2.97. The topological polar surface area (TPSA) is 35.5 Å². The first-order valence-electron chi connectivity index (χ1n) is 7.64. The van der Waals surface area contributed by atoms with E-state index in [0.29, 0.717) is 11.5 Å². The Hall–Kier alpha value is -0.870. The fraction of sp³-hybridized carbons (Fsp3) is 0.588. The highest BCUT2D eigenvalue weighted by Gasteiger charge is 2.25. The molecule has 0 radical (unpaired) electrons. The van der Waals surface area contributed by atoms with Crippen LogP contribution in [0.4, 0.5) is 0 Å². The first-order chi connectivity index (χ1) is 10.2. The third-order valence-corrected chi connectivity index (χ3v) is 4.89. The molecule has 1 aliphatic rings. The van der Waals surface area contributed by atoms with Gasteiger partial charge in [-0.25, -0.2) is 0 Å². The number of carbonyl (C=O) groups is 1. The Bertz CT molecular complexity index is 487. The van der Waals surface area contributed by atoms with Crippen molar-refractivity contribution >= 4 is 21.7 Å². The van der Waals surface area contributed by atoms with E-state index in [1.165, 1.54) is 19.3 Å². The van der Waals surface area contributed by atoms with Gasteiger partial charge in [-0.2, -0.15) is 0 Å². The standard InChI is InChI=1S/C17H23BrO3/c1-3-12-6-4-5-7-16(12)21-11-15(19)13-8-9-17(20-2)14(18)10-13/h8-10,12,16H,3-7,11H2,1-2H3. The van der Waals surface area contributed by atoms with Crippen molar-refractivity contribution in [1.82, 2.24) is 0 Å². The van der Waals surface area contributed by atoms with Gasteiger partial charge in [0, 0.05) is 5.56 Å². The maximum Gasteiger partial charge on any atom is 0.188 e. The number of methoxy groups -OCH3 is 1. The Balaban J connectivity index is 1.93. The molecule has 116 valence electrons. The highest BCUT2D eigenvalue weighted by Crippen LogP contribution is 2.29. The van der Waals surface area contributed by atoms with Crippen LogP contribution >= 0.6 is 15.9 Å². The average Bonchev–Trinajstić information content (AvgIpc) is 2.52. The van der Waals surface area contributed by atoms with Gasteiger partial charge in [0.1, 0.15) is 12.4 Å². The van der Waals surface area contributed by atoms with E-state index in [4.69, 9.17) is 9.47 Å². The third-order valence-electron chi connectivity index (χ3n) is 4.27. The molecule has 2 atom stereocenters. The molecule has 4 heteroatoms. The molecule has 0 spiro atoms. The molecule has 0 bridgehead atoms. The van der Waals surface area contributed by atoms with E-state index < -0.39 is 0 Å². The summed E-state index contributed by atoms with van der Waals surface area (Å²) in [4.78, 5) is 12.2. The summed E-state index contributed by atoms with van der Waals surface area (Å²) in [5.74, 6) is 1.36. The summed E-state index contributed by atoms with van der Waals surface area (Å²) in [5, 5.41) is 0. The normalized spacial score (nSPS) is 22.0. The van der Waals surface area contributed by atoms with E-state index in [1.54, 1.807) is 25.3 Å². The zero-order valence-electron chi connectivity index (χ0n) is 12.7. The first kappa shape index (κ1) is 16.5. The molecule has 0 amide bonds. The summed E-state index contributed by atoms with van der Waals surface area (Å²) < 4.78 is 11.9. The van der Waals surface area contributed by atoms with Crippen LogP contribution in [0.5, 0.6) is 5.75 Å². The van der Waals surface area contributed by atoms with E-state index in [1.807, 2.05) is 0 Å². The zero-order chi connectivity index (χ0) is 15.2. The molecule has 2 rings (SSSR count). The van der Waals surface area contributed by atoms with Crippen molar-refractivity contribution < 1.29 is 14.3 Å². The van der Waals surface area contributed by atoms with Crippen LogP contribution in [0.1, 0.15) is 49.4 Å². The highest BCUT2D eigenvalue weighted by atomic mass is 79.9. The number of benzene rings is 1. The molecule has 1 aromatic rings. The van der Waals surface area contributed by atoms with Crippen LogP contribution in [-0.4, -0.2) is 25.6 Å². The Kier molecular flexibility index (Phi) is 6.24. The third kappa shape index (κ3) is 4.30. The Labute approximate surface area is 135 Å². The van der Waals surface area contributed by atoms with E-state index in [9.17, 15) is 4.79 Å². The number of rotatable bonds is 6. The Morgan fingerprint density at radius 1 is 1.33 bits per heavy atom. The molecule has 1 aromatic carbocycles. The maximum atomic E-state index is 12.2. The lowest BCUT2D eigenvalue weighted by atomic mass is 9.85. The molecule has 1 aliphatic carbocycles. The van der Waals surface area contributed by atoms with Crippen LogP contribution in [-0.2, 0) is 4.74 Å². The number of Topliss-reactive ketones (excluding diaryl/α,β-unsaturated/α-hetero) is 1. The van der Waals surface area contributed by atoms with E-state index in [-0.39, 0.29) is 18.5 Å². The molecule has 1 saturated carbocycles. The minimum absolute atomic E-state index is 0.0266. The number of ether oxygens (including phenoxy) is 2. The smallest absolute Gasteiger partial charge is 0.188 e. The number of hydrogen-bond acceptors (Lipinski definition) is 3. The quantitative estimate of drug-likeness (QED) is 0.698. The first-order valence-corrected chi connectivity index (χ1v) is 8.43. The van der Waals surface area contributed by atoms with Gasteiger partial charge in [0.05, 0.1) is 17.7 Å². The predicted molar refractivity (Wildman–Crippen MR) is 87.0 cm³/mol. The van der Waals surface area contributed by atoms with Crippen molar-refractivity contribution in [3.05, 3.63) is 28.2 Å². The van der Waals surface area contributed by atoms with Crippen molar-refractivity contribution in [3.63, 3.8) is 0 Å². The minimum Gasteiger partial charge on any atom is -0.496 e. The van der Waals surface area contributed by atoms with Gasteiger partial charge >= 0.3 is 0 Å². The van der Waals surface area contributed by atoms with Crippen molar-refractivity contribution in [3.8, 4) is 5.75 Å². The van der Waals surface area contributed by atoms with E-state index >= 15 is 0 Å². The number of ketones is 1. The summed E-state index contributed by atoms with van der Waals surface area (Å²) in [6.45, 7) is 2.37. The molecule has 0 saturated heterocycles. The van der Waals surface area contributed by atoms with Crippen LogP contribution in [0.3, 0.4) is 0 Å². The molecule has 2 unspecified atom stereocenters. The van der Waals surface area contributed by atoms with Crippen LogP contribution < -0.4 is 4.74 Å². The lowest BCUT2D eigenvalue weighted by Crippen LogP contribution is -2.29. The van der Waals surface area contributed by atoms with Crippen LogP contribution in [0.15, 0.2) is 22.7 Å². The molecule has 0 aliphatic heterocycles. The highest BCUT2D eigenvalue weighted by molar-refractivity contribution is 9.10. The lowest BCUT2D eigenvalue weighted by Gasteiger charge is -2.30. The fourth-order valence-corrected chi connectivity index (χ4v) is 3.51. The predicted octanol–water partition coefficient (Wildman–Crippen LogP) is 4.63. The summed E-state index contributed by atoms with van der Waals surface area (Å²) in [7, 11) is 1.61. The molecule has 21 heavy (non-hydrogen) atoms. The second-order valence-electron chi connectivity index (χ2n) is 5.57. The van der Waals surface area contributed by atoms with Crippen LogP contribution in [0.25, 0.3) is 0 Å². The van der Waals surface area contributed by atoms with Gasteiger partial charge in [-0.3, -0.25) is 4.79 Å². The molecule has 0 heterocycles. The molecular formula is C17H23BrO3. The molecule has 0 N–H and O–H groups in total. The zero-order valence-corrected chi connectivity index (χ0v) is 14.3. The van der Waals surface area contributed by atoms with Crippen molar-refractivity contribution in [2.45, 2.75) is 45.1 Å². The largest absolute Gasteiger partial charge is 0.496 e. The van der Waals surface area contributed by atoms with Gasteiger partial charge in [0.15, 0.2) is 5.78 Å². The second kappa shape index (κ2) is 7.95. The number of carbonyl (C=O) groups excluding carboxylic acids is 1. The van der Waals surface area contributed by atoms with Crippen LogP contribution in [0.2, 0.25) is 0 Å². The monoisotopic (exact) mass is 354 g/mol. The molecule has 3 nitrogen and oxygen atoms in total. The SMILES string of the molecule is CCC1CCCCC1OCC(=O)c1ccc(OC)c(Br)c1. The average molecular weight is 355 g/mol. The molecular weight excluding hydrogens is 332 g/mol. The maximum absolute atomic E-state index is 12.2. The number of halogens is 1. The summed E-state index contributed by atoms with van der Waals surface area (Å²) in [6.07, 6.45) is 6.18. The number of hydrogen-bond donors (Lipinski definition) is 0. The summed E-state index contributed by atoms with van der Waals surface area (Å²) in [5.41, 5.74) is 0.659. The summed E-state index contributed by atoms with van der Waals surface area (Å²) >= 11 is 3.41. The van der Waals surface area contributed by atoms with Gasteiger partial charge in [-0.05, 0) is 52.9 Å². The van der Waals surface area contributed by atoms with Gasteiger partial charge in [-0.15, -0.1) is 0 Å². The van der Waals surface area contributed by atoms with Gasteiger partial charge < -0.3 is 9.47 Å². The van der Waals surface area contributed by atoms with E-state index in [0.717, 1.165) is 23.1 Å². The van der Waals surface area contributed by atoms with Crippen molar-refractivity contribution in [2.24, 2.45) is 5.92 Å².